The van der Waals surface area contributed by atoms with Crippen molar-refractivity contribution < 1.29 is 0 Å². The van der Waals surface area contributed by atoms with Crippen molar-refractivity contribution in [3.05, 3.63) is 12.3 Å². The van der Waals surface area contributed by atoms with Crippen molar-refractivity contribution in [2.45, 2.75) is 26.3 Å². The van der Waals surface area contributed by atoms with Gasteiger partial charge in [0.15, 0.2) is 0 Å². The minimum atomic E-state index is 0.620. The van der Waals surface area contributed by atoms with E-state index >= 15 is 0 Å². The smallest absolute Gasteiger partial charge is 0.224 e. The quantitative estimate of drug-likeness (QED) is 0.755. The number of nitrogens with one attached hydrogen (secondary N) is 2. The molecule has 17 heavy (non-hydrogen) atoms. The molecule has 0 radical (unpaired) electrons. The summed E-state index contributed by atoms with van der Waals surface area (Å²) in [6.07, 6.45) is 2.92. The third-order valence-corrected chi connectivity index (χ3v) is 2.99. The predicted octanol–water partition coefficient (Wildman–Crippen LogP) is 1.66. The third kappa shape index (κ3) is 4.56. The third-order valence-electron chi connectivity index (χ3n) is 2.99. The first-order valence-corrected chi connectivity index (χ1v) is 6.12. The summed E-state index contributed by atoms with van der Waals surface area (Å²) in [5.41, 5.74) is 0. The molecule has 0 aliphatic rings. The van der Waals surface area contributed by atoms with E-state index in [2.05, 4.69) is 46.4 Å². The first-order chi connectivity index (χ1) is 8.17. The Morgan fingerprint density at radius 1 is 1.47 bits per heavy atom. The summed E-state index contributed by atoms with van der Waals surface area (Å²) >= 11 is 0. The lowest BCUT2D eigenvalue weighted by molar-refractivity contribution is 0.261. The normalized spacial score (nSPS) is 12.5. The van der Waals surface area contributed by atoms with E-state index in [1.54, 1.807) is 6.20 Å². The van der Waals surface area contributed by atoms with Crippen LogP contribution >= 0.6 is 0 Å². The molecule has 0 aliphatic carbocycles. The molecule has 0 spiro atoms. The van der Waals surface area contributed by atoms with Crippen LogP contribution in [0.1, 0.15) is 20.3 Å². The number of aromatic nitrogens is 2. The van der Waals surface area contributed by atoms with E-state index in [1.165, 1.54) is 6.42 Å². The van der Waals surface area contributed by atoms with Gasteiger partial charge in [0.2, 0.25) is 5.95 Å². The first kappa shape index (κ1) is 13.7. The van der Waals surface area contributed by atoms with Gasteiger partial charge in [-0.2, -0.15) is 4.98 Å². The fourth-order valence-electron chi connectivity index (χ4n) is 1.47. The van der Waals surface area contributed by atoms with Crippen molar-refractivity contribution in [2.75, 3.05) is 37.8 Å². The Balaban J connectivity index is 2.35. The van der Waals surface area contributed by atoms with Crippen molar-refractivity contribution in [3.63, 3.8) is 0 Å². The molecule has 0 aliphatic heterocycles. The zero-order valence-corrected chi connectivity index (χ0v) is 11.2. The minimum absolute atomic E-state index is 0.620. The average Bonchev–Trinajstić information content (AvgIpc) is 2.37. The molecule has 0 saturated heterocycles. The second kappa shape index (κ2) is 7.06. The summed E-state index contributed by atoms with van der Waals surface area (Å²) in [5.74, 6) is 1.51. The molecule has 0 saturated carbocycles. The summed E-state index contributed by atoms with van der Waals surface area (Å²) in [5, 5.41) is 6.22. The van der Waals surface area contributed by atoms with Crippen LogP contribution < -0.4 is 10.6 Å². The van der Waals surface area contributed by atoms with Gasteiger partial charge in [-0.25, -0.2) is 4.98 Å². The van der Waals surface area contributed by atoms with Gasteiger partial charge in [0, 0.05) is 32.4 Å². The van der Waals surface area contributed by atoms with Crippen LogP contribution in [0.2, 0.25) is 0 Å². The SMILES string of the molecule is CCC(C)N(C)CCNc1ccnc(NC)n1. The molecule has 5 heteroatoms. The van der Waals surface area contributed by atoms with Crippen LogP contribution in [0, 0.1) is 0 Å². The maximum absolute atomic E-state index is 4.30. The van der Waals surface area contributed by atoms with Crippen LogP contribution in [0.3, 0.4) is 0 Å². The average molecular weight is 237 g/mol. The molecule has 0 fully saturated rings. The summed E-state index contributed by atoms with van der Waals surface area (Å²) < 4.78 is 0. The van der Waals surface area contributed by atoms with E-state index in [1.807, 2.05) is 13.1 Å². The molecule has 1 aromatic heterocycles. The van der Waals surface area contributed by atoms with Crippen LogP contribution in [0.15, 0.2) is 12.3 Å². The molecule has 1 unspecified atom stereocenters. The van der Waals surface area contributed by atoms with Gasteiger partial charge in [0.25, 0.3) is 0 Å². The van der Waals surface area contributed by atoms with Crippen LogP contribution in [0.5, 0.6) is 0 Å². The van der Waals surface area contributed by atoms with E-state index in [4.69, 9.17) is 0 Å². The number of nitrogens with zero attached hydrogens (tertiary/aromatic N) is 3. The zero-order valence-electron chi connectivity index (χ0n) is 11.2. The number of rotatable bonds is 7. The Bertz CT molecular complexity index is 328. The summed E-state index contributed by atoms with van der Waals surface area (Å²) in [4.78, 5) is 10.7. The molecule has 96 valence electrons. The maximum atomic E-state index is 4.30. The lowest BCUT2D eigenvalue weighted by Gasteiger charge is -2.23. The van der Waals surface area contributed by atoms with Crippen molar-refractivity contribution in [3.8, 4) is 0 Å². The molecule has 5 nitrogen and oxygen atoms in total. The second-order valence-corrected chi connectivity index (χ2v) is 4.18. The Morgan fingerprint density at radius 2 is 2.24 bits per heavy atom. The fourth-order valence-corrected chi connectivity index (χ4v) is 1.47. The highest BCUT2D eigenvalue weighted by Crippen LogP contribution is 2.05. The van der Waals surface area contributed by atoms with Gasteiger partial charge in [0.05, 0.1) is 0 Å². The van der Waals surface area contributed by atoms with Crippen molar-refractivity contribution in [1.82, 2.24) is 14.9 Å². The van der Waals surface area contributed by atoms with Gasteiger partial charge in [-0.15, -0.1) is 0 Å². The molecular formula is C12H23N5. The van der Waals surface area contributed by atoms with Gasteiger partial charge in [-0.05, 0) is 26.5 Å². The van der Waals surface area contributed by atoms with Crippen LogP contribution in [0.25, 0.3) is 0 Å². The highest BCUT2D eigenvalue weighted by Gasteiger charge is 2.05. The zero-order chi connectivity index (χ0) is 12.7. The van der Waals surface area contributed by atoms with E-state index in [0.717, 1.165) is 18.9 Å². The van der Waals surface area contributed by atoms with E-state index in [0.29, 0.717) is 12.0 Å². The molecular weight excluding hydrogens is 214 g/mol. The van der Waals surface area contributed by atoms with Gasteiger partial charge in [0.1, 0.15) is 5.82 Å². The first-order valence-electron chi connectivity index (χ1n) is 6.12. The van der Waals surface area contributed by atoms with Crippen molar-refractivity contribution in [2.24, 2.45) is 0 Å². The molecule has 1 heterocycles. The number of hydrogen-bond acceptors (Lipinski definition) is 5. The number of likely N-dealkylation sites (N-methyl/N-ethyl adjacent to an activating group) is 1. The van der Waals surface area contributed by atoms with Gasteiger partial charge < -0.3 is 15.5 Å². The number of hydrogen-bond donors (Lipinski definition) is 2. The van der Waals surface area contributed by atoms with Crippen molar-refractivity contribution in [1.29, 1.82) is 0 Å². The number of anilines is 2. The minimum Gasteiger partial charge on any atom is -0.369 e. The highest BCUT2D eigenvalue weighted by molar-refractivity contribution is 5.38. The van der Waals surface area contributed by atoms with Gasteiger partial charge in [-0.3, -0.25) is 0 Å². The van der Waals surface area contributed by atoms with Crippen LogP contribution in [0.4, 0.5) is 11.8 Å². The molecule has 2 N–H and O–H groups in total. The molecule has 1 atom stereocenters. The summed E-state index contributed by atoms with van der Waals surface area (Å²) in [7, 11) is 3.96. The standard InChI is InChI=1S/C12H23N5/c1-5-10(2)17(4)9-8-14-11-6-7-15-12(13-3)16-11/h6-7,10H,5,8-9H2,1-4H3,(H2,13,14,15,16). The van der Waals surface area contributed by atoms with E-state index in [9.17, 15) is 0 Å². The topological polar surface area (TPSA) is 53.1 Å². The lowest BCUT2D eigenvalue weighted by Crippen LogP contribution is -2.32. The van der Waals surface area contributed by atoms with Gasteiger partial charge in [-0.1, -0.05) is 6.92 Å². The molecule has 1 aromatic rings. The lowest BCUT2D eigenvalue weighted by atomic mass is 10.2. The Labute approximate surface area is 104 Å². The maximum Gasteiger partial charge on any atom is 0.224 e. The van der Waals surface area contributed by atoms with Crippen molar-refractivity contribution >= 4 is 11.8 Å². The summed E-state index contributed by atoms with van der Waals surface area (Å²) in [6.45, 7) is 6.34. The largest absolute Gasteiger partial charge is 0.369 e. The fraction of sp³-hybridized carbons (Fsp3) is 0.667. The summed E-state index contributed by atoms with van der Waals surface area (Å²) in [6, 6.07) is 2.50. The van der Waals surface area contributed by atoms with E-state index < -0.39 is 0 Å². The highest BCUT2D eigenvalue weighted by atomic mass is 15.2. The Morgan fingerprint density at radius 3 is 2.88 bits per heavy atom. The molecule has 1 rings (SSSR count). The molecule has 0 amide bonds. The predicted molar refractivity (Wildman–Crippen MR) is 72.5 cm³/mol. The van der Waals surface area contributed by atoms with E-state index in [-0.39, 0.29) is 0 Å². The van der Waals surface area contributed by atoms with Crippen LogP contribution in [-0.4, -0.2) is 48.1 Å². The monoisotopic (exact) mass is 237 g/mol. The molecule has 0 aromatic carbocycles. The second-order valence-electron chi connectivity index (χ2n) is 4.18. The van der Waals surface area contributed by atoms with Crippen LogP contribution in [-0.2, 0) is 0 Å². The molecule has 0 bridgehead atoms. The Kier molecular flexibility index (Phi) is 5.69. The Hall–Kier alpha value is -1.36. The van der Waals surface area contributed by atoms with Gasteiger partial charge >= 0.3 is 0 Å².